The number of aromatic nitrogens is 2. The summed E-state index contributed by atoms with van der Waals surface area (Å²) in [5.41, 5.74) is 1.56. The first-order valence-corrected chi connectivity index (χ1v) is 7.79. The Bertz CT molecular complexity index is 834. The number of benzene rings is 1. The van der Waals surface area contributed by atoms with Gasteiger partial charge in [-0.3, -0.25) is 0 Å². The lowest BCUT2D eigenvalue weighted by Gasteiger charge is -2.13. The Kier molecular flexibility index (Phi) is 5.03. The van der Waals surface area contributed by atoms with Crippen molar-refractivity contribution in [1.29, 1.82) is 0 Å². The molecule has 2 aromatic heterocycles. The summed E-state index contributed by atoms with van der Waals surface area (Å²) >= 11 is 0. The van der Waals surface area contributed by atoms with E-state index in [1.54, 1.807) is 20.5 Å². The highest BCUT2D eigenvalue weighted by Gasteiger charge is 2.09. The SMILES string of the molecule is COc1ccc(OC)c(Nc2nc(C)cc(NCc3ccco3)n2)c1. The number of aryl methyl sites for hydroxylation is 1. The molecular weight excluding hydrogens is 320 g/mol. The zero-order valence-electron chi connectivity index (χ0n) is 14.4. The van der Waals surface area contributed by atoms with Gasteiger partial charge in [0.1, 0.15) is 23.1 Å². The Morgan fingerprint density at radius 1 is 1.08 bits per heavy atom. The molecule has 2 N–H and O–H groups in total. The molecule has 2 heterocycles. The van der Waals surface area contributed by atoms with E-state index in [4.69, 9.17) is 13.9 Å². The van der Waals surface area contributed by atoms with Crippen LogP contribution in [0, 0.1) is 6.92 Å². The van der Waals surface area contributed by atoms with Gasteiger partial charge in [-0.2, -0.15) is 4.98 Å². The molecule has 0 radical (unpaired) electrons. The summed E-state index contributed by atoms with van der Waals surface area (Å²) in [6.45, 7) is 2.46. The highest BCUT2D eigenvalue weighted by Crippen LogP contribution is 2.30. The molecule has 0 atom stereocenters. The van der Waals surface area contributed by atoms with Gasteiger partial charge in [0.25, 0.3) is 0 Å². The largest absolute Gasteiger partial charge is 0.497 e. The third-order valence-electron chi connectivity index (χ3n) is 3.53. The highest BCUT2D eigenvalue weighted by atomic mass is 16.5. The molecule has 7 nitrogen and oxygen atoms in total. The van der Waals surface area contributed by atoms with Crippen LogP contribution in [0.2, 0.25) is 0 Å². The Hall–Kier alpha value is -3.22. The fraction of sp³-hybridized carbons (Fsp3) is 0.222. The molecule has 0 aliphatic rings. The van der Waals surface area contributed by atoms with Crippen LogP contribution in [0.1, 0.15) is 11.5 Å². The molecule has 0 saturated carbocycles. The van der Waals surface area contributed by atoms with E-state index in [1.807, 2.05) is 43.3 Å². The summed E-state index contributed by atoms with van der Waals surface area (Å²) in [5, 5.41) is 6.41. The minimum atomic E-state index is 0.466. The average Bonchev–Trinajstić information content (AvgIpc) is 3.13. The number of nitrogens with one attached hydrogen (secondary N) is 2. The van der Waals surface area contributed by atoms with Crippen molar-refractivity contribution in [3.05, 3.63) is 54.1 Å². The Morgan fingerprint density at radius 3 is 2.68 bits per heavy atom. The number of nitrogens with zero attached hydrogens (tertiary/aromatic N) is 2. The Balaban J connectivity index is 1.80. The van der Waals surface area contributed by atoms with Crippen molar-refractivity contribution in [3.8, 4) is 11.5 Å². The highest BCUT2D eigenvalue weighted by molar-refractivity contribution is 5.65. The molecule has 130 valence electrons. The summed E-state index contributed by atoms with van der Waals surface area (Å²) in [5.74, 6) is 3.39. The smallest absolute Gasteiger partial charge is 0.229 e. The van der Waals surface area contributed by atoms with Crippen molar-refractivity contribution in [2.24, 2.45) is 0 Å². The number of hydrogen-bond donors (Lipinski definition) is 2. The summed E-state index contributed by atoms with van der Waals surface area (Å²) < 4.78 is 15.9. The van der Waals surface area contributed by atoms with Crippen molar-refractivity contribution in [1.82, 2.24) is 9.97 Å². The first-order valence-electron chi connectivity index (χ1n) is 7.79. The van der Waals surface area contributed by atoms with E-state index in [-0.39, 0.29) is 0 Å². The summed E-state index contributed by atoms with van der Waals surface area (Å²) in [4.78, 5) is 8.91. The average molecular weight is 340 g/mol. The number of methoxy groups -OCH3 is 2. The van der Waals surface area contributed by atoms with Crippen LogP contribution in [0.3, 0.4) is 0 Å². The molecule has 7 heteroatoms. The van der Waals surface area contributed by atoms with Gasteiger partial charge in [0.15, 0.2) is 0 Å². The van der Waals surface area contributed by atoms with Gasteiger partial charge in [0.05, 0.1) is 32.7 Å². The van der Waals surface area contributed by atoms with Gasteiger partial charge in [-0.15, -0.1) is 0 Å². The molecule has 0 bridgehead atoms. The van der Waals surface area contributed by atoms with Crippen molar-refractivity contribution >= 4 is 17.5 Å². The topological polar surface area (TPSA) is 81.4 Å². The fourth-order valence-corrected chi connectivity index (χ4v) is 2.34. The maximum Gasteiger partial charge on any atom is 0.229 e. The van der Waals surface area contributed by atoms with Crippen molar-refractivity contribution in [2.45, 2.75) is 13.5 Å². The third-order valence-corrected chi connectivity index (χ3v) is 3.53. The lowest BCUT2D eigenvalue weighted by atomic mass is 10.2. The molecule has 0 unspecified atom stereocenters. The molecule has 0 spiro atoms. The van der Waals surface area contributed by atoms with Crippen molar-refractivity contribution in [3.63, 3.8) is 0 Å². The lowest BCUT2D eigenvalue weighted by Crippen LogP contribution is -2.06. The molecule has 0 aliphatic carbocycles. The molecule has 3 rings (SSSR count). The maximum absolute atomic E-state index is 5.37. The van der Waals surface area contributed by atoms with Crippen LogP contribution in [-0.2, 0) is 6.54 Å². The van der Waals surface area contributed by atoms with Gasteiger partial charge in [0, 0.05) is 17.8 Å². The second-order valence-corrected chi connectivity index (χ2v) is 5.34. The lowest BCUT2D eigenvalue weighted by molar-refractivity contribution is 0.405. The van der Waals surface area contributed by atoms with Crippen molar-refractivity contribution in [2.75, 3.05) is 24.9 Å². The van der Waals surface area contributed by atoms with Crippen LogP contribution in [0.15, 0.2) is 47.1 Å². The van der Waals surface area contributed by atoms with Crippen LogP contribution in [0.4, 0.5) is 17.5 Å². The summed E-state index contributed by atoms with van der Waals surface area (Å²) in [6, 6.07) is 11.1. The number of anilines is 3. The molecule has 1 aromatic carbocycles. The zero-order valence-corrected chi connectivity index (χ0v) is 14.4. The predicted molar refractivity (Wildman–Crippen MR) is 95.6 cm³/mol. The quantitative estimate of drug-likeness (QED) is 0.678. The minimum Gasteiger partial charge on any atom is -0.497 e. The maximum atomic E-state index is 5.37. The van der Waals surface area contributed by atoms with E-state index in [0.717, 1.165) is 17.1 Å². The van der Waals surface area contributed by atoms with Crippen LogP contribution < -0.4 is 20.1 Å². The van der Waals surface area contributed by atoms with Gasteiger partial charge in [-0.25, -0.2) is 4.98 Å². The van der Waals surface area contributed by atoms with Gasteiger partial charge in [-0.1, -0.05) is 0 Å². The second kappa shape index (κ2) is 7.57. The van der Waals surface area contributed by atoms with Crippen molar-refractivity contribution < 1.29 is 13.9 Å². The number of ether oxygens (including phenoxy) is 2. The van der Waals surface area contributed by atoms with Crippen LogP contribution in [0.5, 0.6) is 11.5 Å². The molecule has 0 aliphatic heterocycles. The fourth-order valence-electron chi connectivity index (χ4n) is 2.34. The van der Waals surface area contributed by atoms with E-state index in [1.165, 1.54) is 0 Å². The first-order chi connectivity index (χ1) is 12.2. The first kappa shape index (κ1) is 16.6. The molecule has 0 amide bonds. The zero-order chi connectivity index (χ0) is 17.6. The monoisotopic (exact) mass is 340 g/mol. The number of furan rings is 1. The van der Waals surface area contributed by atoms with Crippen LogP contribution >= 0.6 is 0 Å². The summed E-state index contributed by atoms with van der Waals surface area (Å²) in [7, 11) is 3.23. The van der Waals surface area contributed by atoms with Gasteiger partial charge in [0.2, 0.25) is 5.95 Å². The van der Waals surface area contributed by atoms with Gasteiger partial charge in [-0.05, 0) is 31.2 Å². The van der Waals surface area contributed by atoms with E-state index in [2.05, 4.69) is 20.6 Å². The predicted octanol–water partition coefficient (Wildman–Crippen LogP) is 3.75. The Labute approximate surface area is 146 Å². The van der Waals surface area contributed by atoms with Gasteiger partial charge >= 0.3 is 0 Å². The molecule has 25 heavy (non-hydrogen) atoms. The summed E-state index contributed by atoms with van der Waals surface area (Å²) in [6.07, 6.45) is 1.64. The molecular formula is C18H20N4O3. The standard InChI is InChI=1S/C18H20N4O3/c1-12-9-17(19-11-14-5-4-8-25-14)22-18(20-12)21-15-10-13(23-2)6-7-16(15)24-3/h4-10H,11H2,1-3H3,(H2,19,20,21,22). The molecule has 0 saturated heterocycles. The number of hydrogen-bond acceptors (Lipinski definition) is 7. The van der Waals surface area contributed by atoms with E-state index < -0.39 is 0 Å². The Morgan fingerprint density at radius 2 is 1.96 bits per heavy atom. The van der Waals surface area contributed by atoms with Gasteiger partial charge < -0.3 is 24.5 Å². The molecule has 0 fully saturated rings. The normalized spacial score (nSPS) is 10.4. The van der Waals surface area contributed by atoms with Crippen LogP contribution in [0.25, 0.3) is 0 Å². The van der Waals surface area contributed by atoms with Crippen LogP contribution in [-0.4, -0.2) is 24.2 Å². The van der Waals surface area contributed by atoms with E-state index >= 15 is 0 Å². The van der Waals surface area contributed by atoms with E-state index in [9.17, 15) is 0 Å². The second-order valence-electron chi connectivity index (χ2n) is 5.34. The third kappa shape index (κ3) is 4.20. The minimum absolute atomic E-state index is 0.466. The molecule has 3 aromatic rings. The van der Waals surface area contributed by atoms with E-state index in [0.29, 0.717) is 29.8 Å². The number of rotatable bonds is 7.